The van der Waals surface area contributed by atoms with E-state index >= 15 is 4.39 Å². The van der Waals surface area contributed by atoms with Crippen LogP contribution >= 0.6 is 0 Å². The summed E-state index contributed by atoms with van der Waals surface area (Å²) < 4.78 is 23.0. The Morgan fingerprint density at radius 3 is 2.72 bits per heavy atom. The summed E-state index contributed by atoms with van der Waals surface area (Å²) in [4.78, 5) is 29.6. The molecule has 1 aliphatic heterocycles. The summed E-state index contributed by atoms with van der Waals surface area (Å²) in [6.07, 6.45) is 2.95. The van der Waals surface area contributed by atoms with Gasteiger partial charge in [0.25, 0.3) is 5.56 Å². The van der Waals surface area contributed by atoms with Crippen LogP contribution in [-0.4, -0.2) is 54.0 Å². The summed E-state index contributed by atoms with van der Waals surface area (Å²) >= 11 is 0. The highest BCUT2D eigenvalue weighted by atomic mass is 19.1. The summed E-state index contributed by atoms with van der Waals surface area (Å²) in [5.41, 5.74) is -0.751. The molecule has 172 valence electrons. The van der Waals surface area contributed by atoms with Gasteiger partial charge in [0.1, 0.15) is 11.2 Å². The fourth-order valence-corrected chi connectivity index (χ4v) is 4.73. The number of fused-ring (bicyclic) bond motifs is 1. The molecule has 2 heterocycles. The molecular formula is C22H29FN6O3. The van der Waals surface area contributed by atoms with Crippen LogP contribution in [0.5, 0.6) is 5.75 Å². The number of halogens is 1. The second kappa shape index (κ2) is 8.82. The fraction of sp³-hybridized carbons (Fsp3) is 0.591. The van der Waals surface area contributed by atoms with Crippen LogP contribution in [0.25, 0.3) is 10.9 Å². The second-order valence-corrected chi connectivity index (χ2v) is 8.60. The Balaban J connectivity index is 1.74. The summed E-state index contributed by atoms with van der Waals surface area (Å²) in [7, 11) is 1.43. The molecular weight excluding hydrogens is 415 g/mol. The van der Waals surface area contributed by atoms with Crippen LogP contribution in [0.1, 0.15) is 38.6 Å². The molecule has 1 atom stereocenters. The van der Waals surface area contributed by atoms with Gasteiger partial charge in [-0.05, 0) is 37.8 Å². The van der Waals surface area contributed by atoms with Gasteiger partial charge in [0.15, 0.2) is 11.6 Å². The average Bonchev–Trinajstić information content (AvgIpc) is 3.52. The van der Waals surface area contributed by atoms with Gasteiger partial charge in [-0.2, -0.15) is 9.94 Å². The van der Waals surface area contributed by atoms with Gasteiger partial charge in [0.2, 0.25) is 0 Å². The number of ether oxygens (including phenoxy) is 1. The van der Waals surface area contributed by atoms with Crippen LogP contribution in [0.4, 0.5) is 10.1 Å². The molecule has 0 amide bonds. The molecule has 32 heavy (non-hydrogen) atoms. The number of hydrogen-bond donors (Lipinski definition) is 1. The van der Waals surface area contributed by atoms with Crippen molar-refractivity contribution >= 4 is 16.6 Å². The number of rotatable bonds is 8. The lowest BCUT2D eigenvalue weighted by Gasteiger charge is -2.26. The van der Waals surface area contributed by atoms with Gasteiger partial charge >= 0.3 is 5.69 Å². The number of nitriles is 1. The van der Waals surface area contributed by atoms with Crippen molar-refractivity contribution < 1.29 is 9.13 Å². The zero-order valence-electron chi connectivity index (χ0n) is 18.5. The molecule has 0 spiro atoms. The van der Waals surface area contributed by atoms with Gasteiger partial charge in [-0.15, -0.1) is 0 Å². The first-order chi connectivity index (χ1) is 15.4. The third-order valence-corrected chi connectivity index (χ3v) is 6.51. The third kappa shape index (κ3) is 3.81. The summed E-state index contributed by atoms with van der Waals surface area (Å²) in [5, 5.41) is 8.91. The number of aromatic nitrogens is 2. The van der Waals surface area contributed by atoms with Gasteiger partial charge < -0.3 is 20.4 Å². The SMILES string of the molecule is CCN(CCC#N)CC1CCN(c2c(F)cc3c(=O)n(N)c(=O)n(C4CC4)c3c2OC)C1. The first-order valence-electron chi connectivity index (χ1n) is 11.1. The lowest BCUT2D eigenvalue weighted by molar-refractivity contribution is 0.254. The lowest BCUT2D eigenvalue weighted by atomic mass is 10.1. The van der Waals surface area contributed by atoms with Crippen LogP contribution in [0, 0.1) is 23.1 Å². The Morgan fingerprint density at radius 1 is 1.34 bits per heavy atom. The number of hydrogen-bond acceptors (Lipinski definition) is 7. The van der Waals surface area contributed by atoms with Crippen molar-refractivity contribution in [1.82, 2.24) is 14.1 Å². The minimum Gasteiger partial charge on any atom is -0.492 e. The van der Waals surface area contributed by atoms with Crippen molar-refractivity contribution in [3.8, 4) is 11.8 Å². The normalized spacial score (nSPS) is 18.5. The summed E-state index contributed by atoms with van der Waals surface area (Å²) in [6, 6.07) is 3.29. The van der Waals surface area contributed by atoms with Gasteiger partial charge in [-0.25, -0.2) is 9.18 Å². The molecule has 2 N–H and O–H groups in total. The van der Waals surface area contributed by atoms with E-state index in [9.17, 15) is 9.59 Å². The Morgan fingerprint density at radius 2 is 2.09 bits per heavy atom. The zero-order valence-corrected chi connectivity index (χ0v) is 18.5. The van der Waals surface area contributed by atoms with E-state index in [0.717, 1.165) is 38.9 Å². The maximum Gasteiger partial charge on any atom is 0.350 e. The lowest BCUT2D eigenvalue weighted by Crippen LogP contribution is -2.44. The van der Waals surface area contributed by atoms with Crippen LogP contribution < -0.4 is 26.7 Å². The molecule has 2 aliphatic rings. The van der Waals surface area contributed by atoms with E-state index in [1.165, 1.54) is 17.7 Å². The van der Waals surface area contributed by atoms with E-state index in [2.05, 4.69) is 17.9 Å². The molecule has 1 aromatic heterocycles. The first-order valence-corrected chi connectivity index (χ1v) is 11.1. The molecule has 9 nitrogen and oxygen atoms in total. The topological polar surface area (TPSA) is 110 Å². The molecule has 1 aromatic carbocycles. The molecule has 4 rings (SSSR count). The van der Waals surface area contributed by atoms with Crippen LogP contribution in [0.3, 0.4) is 0 Å². The fourth-order valence-electron chi connectivity index (χ4n) is 4.73. The van der Waals surface area contributed by atoms with Gasteiger partial charge in [-0.1, -0.05) is 6.92 Å². The van der Waals surface area contributed by atoms with Crippen LogP contribution in [-0.2, 0) is 0 Å². The molecule has 10 heteroatoms. The smallest absolute Gasteiger partial charge is 0.350 e. The second-order valence-electron chi connectivity index (χ2n) is 8.60. The van der Waals surface area contributed by atoms with Crippen LogP contribution in [0.2, 0.25) is 0 Å². The molecule has 0 bridgehead atoms. The molecule has 1 aliphatic carbocycles. The van der Waals surface area contributed by atoms with Gasteiger partial charge in [0.05, 0.1) is 18.6 Å². The van der Waals surface area contributed by atoms with Gasteiger partial charge in [0, 0.05) is 38.6 Å². The molecule has 1 saturated carbocycles. The first kappa shape index (κ1) is 22.1. The highest BCUT2D eigenvalue weighted by Gasteiger charge is 2.34. The van der Waals surface area contributed by atoms with E-state index in [1.54, 1.807) is 0 Å². The maximum atomic E-state index is 15.4. The number of nitrogens with zero attached hydrogens (tertiary/aromatic N) is 5. The van der Waals surface area contributed by atoms with E-state index in [1.807, 2.05) is 4.90 Å². The van der Waals surface area contributed by atoms with Crippen molar-refractivity contribution in [3.05, 3.63) is 32.7 Å². The highest BCUT2D eigenvalue weighted by molar-refractivity contribution is 5.91. The zero-order chi connectivity index (χ0) is 23.0. The number of methoxy groups -OCH3 is 1. The van der Waals surface area contributed by atoms with Crippen molar-refractivity contribution in [2.45, 2.75) is 38.6 Å². The quantitative estimate of drug-likeness (QED) is 0.613. The molecule has 0 radical (unpaired) electrons. The predicted molar refractivity (Wildman–Crippen MR) is 120 cm³/mol. The largest absolute Gasteiger partial charge is 0.492 e. The number of benzene rings is 1. The summed E-state index contributed by atoms with van der Waals surface area (Å²) in [5.74, 6) is 5.66. The third-order valence-electron chi connectivity index (χ3n) is 6.51. The van der Waals surface area contributed by atoms with E-state index in [-0.39, 0.29) is 22.9 Å². The molecule has 2 fully saturated rings. The van der Waals surface area contributed by atoms with Gasteiger partial charge in [-0.3, -0.25) is 9.36 Å². The molecule has 1 saturated heterocycles. The molecule has 1 unspecified atom stereocenters. The minimum atomic E-state index is -0.735. The number of nitrogen functional groups attached to an aromatic ring is 1. The average molecular weight is 445 g/mol. The van der Waals surface area contributed by atoms with E-state index in [0.29, 0.717) is 35.6 Å². The minimum absolute atomic E-state index is 0.0431. The Bertz CT molecular complexity index is 1180. The maximum absolute atomic E-state index is 15.4. The molecule has 2 aromatic rings. The van der Waals surface area contributed by atoms with Crippen molar-refractivity contribution in [2.24, 2.45) is 5.92 Å². The van der Waals surface area contributed by atoms with Crippen molar-refractivity contribution in [3.63, 3.8) is 0 Å². The summed E-state index contributed by atoms with van der Waals surface area (Å²) in [6.45, 7) is 5.74. The van der Waals surface area contributed by atoms with Crippen molar-refractivity contribution in [2.75, 3.05) is 50.6 Å². The predicted octanol–water partition coefficient (Wildman–Crippen LogP) is 1.42. The Hall–Kier alpha value is -3.06. The number of nitrogens with two attached hydrogens (primary N) is 1. The van der Waals surface area contributed by atoms with E-state index < -0.39 is 17.1 Å². The Kier molecular flexibility index (Phi) is 6.11. The highest BCUT2D eigenvalue weighted by Crippen LogP contribution is 2.43. The van der Waals surface area contributed by atoms with Crippen molar-refractivity contribution in [1.29, 1.82) is 5.26 Å². The Labute approximate surface area is 185 Å². The number of anilines is 1. The standard InChI is InChI=1S/C22H29FN6O3/c1-3-26(9-4-8-24)12-14-7-10-27(13-14)19-17(23)11-16-18(20(19)32-2)28(15-5-6-15)22(31)29(25)21(16)30/h11,14-15H,3-7,9-10,12-13,25H2,1-2H3. The monoisotopic (exact) mass is 444 g/mol. The van der Waals surface area contributed by atoms with Crippen LogP contribution in [0.15, 0.2) is 15.7 Å². The van der Waals surface area contributed by atoms with E-state index in [4.69, 9.17) is 15.8 Å².